The number of rotatable bonds is 12. The number of nitrogens with zero attached hydrogens (tertiary/aromatic N) is 5. The lowest BCUT2D eigenvalue weighted by atomic mass is 9.95. The molecule has 3 unspecified atom stereocenters. The van der Waals surface area contributed by atoms with E-state index in [4.69, 9.17) is 33.9 Å². The molecule has 59 heavy (non-hydrogen) atoms. The SMILES string of the molecule is COCOc1cc(-c2nc(OC)c3c(N4CC5CC(O)C4C5)nc(OC[C@@]45CCCN4C[C@H](F)C5)nc3c2F)c2c(C#C[Si](C(C)C)(C(C)C)C(C)C)c(F)ccc2c1. The van der Waals surface area contributed by atoms with Crippen LogP contribution in [0.5, 0.6) is 17.6 Å². The molecule has 0 amide bonds. The molecule has 3 saturated heterocycles. The molecule has 0 radical (unpaired) electrons. The summed E-state index contributed by atoms with van der Waals surface area (Å²) in [5.41, 5.74) is 4.19. The fourth-order valence-electron chi connectivity index (χ4n) is 11.1. The Morgan fingerprint density at radius 3 is 2.41 bits per heavy atom. The van der Waals surface area contributed by atoms with E-state index in [1.165, 1.54) is 20.3 Å². The van der Waals surface area contributed by atoms with Gasteiger partial charge in [0.15, 0.2) is 12.6 Å². The van der Waals surface area contributed by atoms with E-state index < -0.39 is 37.5 Å². The number of benzene rings is 2. The van der Waals surface area contributed by atoms with Crippen LogP contribution < -0.4 is 19.1 Å². The highest BCUT2D eigenvalue weighted by Gasteiger charge is 2.50. The summed E-state index contributed by atoms with van der Waals surface area (Å²) in [5.74, 6) is 2.98. The van der Waals surface area contributed by atoms with Crippen LogP contribution in [0.15, 0.2) is 24.3 Å². The molecule has 10 nitrogen and oxygen atoms in total. The molecule has 2 aromatic heterocycles. The maximum atomic E-state index is 17.8. The van der Waals surface area contributed by atoms with Crippen molar-refractivity contribution in [3.8, 4) is 40.4 Å². The van der Waals surface area contributed by atoms with Crippen LogP contribution >= 0.6 is 0 Å². The van der Waals surface area contributed by atoms with Gasteiger partial charge in [0.1, 0.15) is 54.8 Å². The van der Waals surface area contributed by atoms with E-state index in [1.807, 2.05) is 4.90 Å². The van der Waals surface area contributed by atoms with Gasteiger partial charge >= 0.3 is 6.01 Å². The van der Waals surface area contributed by atoms with Gasteiger partial charge in [-0.2, -0.15) is 9.97 Å². The van der Waals surface area contributed by atoms with Gasteiger partial charge in [0.25, 0.3) is 0 Å². The van der Waals surface area contributed by atoms with Gasteiger partial charge in [-0.25, -0.2) is 18.2 Å². The Bertz CT molecular complexity index is 2300. The zero-order valence-corrected chi connectivity index (χ0v) is 36.4. The molecule has 2 bridgehead atoms. The van der Waals surface area contributed by atoms with Crippen molar-refractivity contribution in [3.05, 3.63) is 41.5 Å². The lowest BCUT2D eigenvalue weighted by Crippen LogP contribution is -2.44. The number of halogens is 3. The van der Waals surface area contributed by atoms with E-state index in [0.717, 1.165) is 25.8 Å². The molecule has 4 fully saturated rings. The average Bonchev–Trinajstić information content (AvgIpc) is 3.96. The van der Waals surface area contributed by atoms with Crippen LogP contribution in [0.2, 0.25) is 16.6 Å². The van der Waals surface area contributed by atoms with Gasteiger partial charge in [-0.3, -0.25) is 4.90 Å². The van der Waals surface area contributed by atoms with Crippen LogP contribution in [0.4, 0.5) is 19.0 Å². The van der Waals surface area contributed by atoms with Crippen molar-refractivity contribution in [1.29, 1.82) is 0 Å². The highest BCUT2D eigenvalue weighted by molar-refractivity contribution is 6.90. The summed E-state index contributed by atoms with van der Waals surface area (Å²) in [6.45, 7) is 15.0. The number of ether oxygens (including phenoxy) is 4. The smallest absolute Gasteiger partial charge is 0.319 e. The molecule has 5 heterocycles. The van der Waals surface area contributed by atoms with E-state index in [2.05, 4.69) is 57.9 Å². The number of methoxy groups -OCH3 is 2. The van der Waals surface area contributed by atoms with E-state index >= 15 is 8.78 Å². The summed E-state index contributed by atoms with van der Waals surface area (Å²) in [6.07, 6.45) is 1.95. The Hall–Kier alpha value is -4.16. The largest absolute Gasteiger partial charge is 0.480 e. The Kier molecular flexibility index (Phi) is 11.3. The van der Waals surface area contributed by atoms with Crippen LogP contribution in [-0.4, -0.2) is 104 Å². The van der Waals surface area contributed by atoms with Crippen molar-refractivity contribution in [1.82, 2.24) is 19.9 Å². The molecule has 8 rings (SSSR count). The maximum absolute atomic E-state index is 17.8. The van der Waals surface area contributed by atoms with Gasteiger partial charge in [0.2, 0.25) is 5.88 Å². The van der Waals surface area contributed by atoms with Gasteiger partial charge in [0, 0.05) is 37.6 Å². The molecule has 2 aromatic carbocycles. The van der Waals surface area contributed by atoms with Crippen LogP contribution in [0, 0.1) is 29.0 Å². The minimum Gasteiger partial charge on any atom is -0.480 e. The molecule has 14 heteroatoms. The number of hydrogen-bond acceptors (Lipinski definition) is 10. The van der Waals surface area contributed by atoms with Crippen LogP contribution in [0.1, 0.15) is 79.2 Å². The number of alkyl halides is 1. The maximum Gasteiger partial charge on any atom is 0.319 e. The minimum atomic E-state index is -2.33. The Balaban J connectivity index is 1.36. The van der Waals surface area contributed by atoms with Crippen LogP contribution in [0.3, 0.4) is 0 Å². The van der Waals surface area contributed by atoms with Gasteiger partial charge in [-0.15, -0.1) is 5.54 Å². The second-order valence-corrected chi connectivity index (χ2v) is 23.6. The third kappa shape index (κ3) is 7.09. The Labute approximate surface area is 345 Å². The van der Waals surface area contributed by atoms with Gasteiger partial charge in [-0.05, 0) is 78.4 Å². The molecule has 4 aliphatic rings. The number of piperidine rings is 1. The zero-order chi connectivity index (χ0) is 42.0. The van der Waals surface area contributed by atoms with Gasteiger partial charge in [0.05, 0.1) is 30.4 Å². The Morgan fingerprint density at radius 1 is 0.966 bits per heavy atom. The predicted octanol–water partition coefficient (Wildman–Crippen LogP) is 8.60. The molecule has 1 saturated carbocycles. The third-order valence-corrected chi connectivity index (χ3v) is 20.1. The molecule has 5 atom stereocenters. The summed E-state index contributed by atoms with van der Waals surface area (Å²) in [6, 6.07) is 6.08. The van der Waals surface area contributed by atoms with Crippen molar-refractivity contribution in [3.63, 3.8) is 0 Å². The molecule has 316 valence electrons. The van der Waals surface area contributed by atoms with Crippen LogP contribution in [-0.2, 0) is 4.74 Å². The predicted molar refractivity (Wildman–Crippen MR) is 226 cm³/mol. The van der Waals surface area contributed by atoms with Gasteiger partial charge in [-0.1, -0.05) is 53.5 Å². The number of aliphatic hydroxyl groups excluding tert-OH is 1. The lowest BCUT2D eigenvalue weighted by molar-refractivity contribution is 0.0512. The fraction of sp³-hybridized carbons (Fsp3) is 0.578. The molecular formula is C45H56F3N5O5Si. The molecule has 0 spiro atoms. The summed E-state index contributed by atoms with van der Waals surface area (Å²) < 4.78 is 72.4. The molecule has 3 aliphatic heterocycles. The number of pyridine rings is 1. The molecular weight excluding hydrogens is 776 g/mol. The number of anilines is 1. The topological polar surface area (TPSA) is 102 Å². The lowest BCUT2D eigenvalue weighted by Gasteiger charge is -2.38. The first kappa shape index (κ1) is 41.6. The fourth-order valence-corrected chi connectivity index (χ4v) is 16.3. The molecule has 1 N–H and O–H groups in total. The van der Waals surface area contributed by atoms with Crippen molar-refractivity contribution >= 4 is 35.6 Å². The highest BCUT2D eigenvalue weighted by Crippen LogP contribution is 2.47. The van der Waals surface area contributed by atoms with Crippen molar-refractivity contribution in [2.75, 3.05) is 52.2 Å². The second kappa shape index (κ2) is 16.0. The standard InChI is InChI=1S/C45H56F3N5O5Si/c1-25(2)59(26(3)4,27(5)6)15-12-32-34(47)11-10-29-18-31(58-24-55-7)19-33(37(29)32)40-39(48)41-38(43(49-40)56-8)42(53-21-28-16-35(53)36(54)17-28)51-44(50-41)57-23-45-13-9-14-52(45)22-30(46)20-45/h10-11,18-19,25-28,30,35-36,54H,9,13-14,16-17,20-24H2,1-8H3/t28?,30-,35?,36?,45+/m1/s1. The monoisotopic (exact) mass is 831 g/mol. The third-order valence-electron chi connectivity index (χ3n) is 13.8. The molecule has 1 aliphatic carbocycles. The average molecular weight is 832 g/mol. The highest BCUT2D eigenvalue weighted by atomic mass is 28.3. The first-order valence-corrected chi connectivity index (χ1v) is 23.3. The minimum absolute atomic E-state index is 0.0538. The summed E-state index contributed by atoms with van der Waals surface area (Å²) >= 11 is 0. The van der Waals surface area contributed by atoms with E-state index in [-0.39, 0.29) is 65.0 Å². The normalized spacial score (nSPS) is 24.2. The van der Waals surface area contributed by atoms with Crippen molar-refractivity contribution in [2.24, 2.45) is 5.92 Å². The summed E-state index contributed by atoms with van der Waals surface area (Å²) in [7, 11) is 0.622. The first-order chi connectivity index (χ1) is 28.2. The van der Waals surface area contributed by atoms with Crippen molar-refractivity contribution in [2.45, 2.75) is 114 Å². The molecule has 4 aromatic rings. The second-order valence-electron chi connectivity index (χ2n) is 18.0. The number of aromatic nitrogens is 3. The number of hydrogen-bond donors (Lipinski definition) is 1. The summed E-state index contributed by atoms with van der Waals surface area (Å²) in [5, 5.41) is 12.2. The summed E-state index contributed by atoms with van der Waals surface area (Å²) in [4.78, 5) is 18.5. The van der Waals surface area contributed by atoms with E-state index in [0.29, 0.717) is 64.9 Å². The Morgan fingerprint density at radius 2 is 1.73 bits per heavy atom. The quantitative estimate of drug-likeness (QED) is 0.0849. The zero-order valence-electron chi connectivity index (χ0n) is 35.4. The first-order valence-electron chi connectivity index (χ1n) is 21.0. The van der Waals surface area contributed by atoms with Crippen LogP contribution in [0.25, 0.3) is 32.9 Å². The van der Waals surface area contributed by atoms with E-state index in [9.17, 15) is 9.50 Å². The van der Waals surface area contributed by atoms with Gasteiger partial charge < -0.3 is 29.0 Å². The number of fused-ring (bicyclic) bond motifs is 5. The van der Waals surface area contributed by atoms with Crippen molar-refractivity contribution < 1.29 is 37.2 Å². The number of aliphatic hydroxyl groups is 1. The van der Waals surface area contributed by atoms with E-state index in [1.54, 1.807) is 18.2 Å².